The number of aromatic nitrogens is 2. The molecule has 1 atom stereocenters. The summed E-state index contributed by atoms with van der Waals surface area (Å²) in [5.41, 5.74) is 2.34. The molecule has 0 aliphatic heterocycles. The molecule has 158 valence electrons. The number of rotatable bonds is 10. The first kappa shape index (κ1) is 21.5. The summed E-state index contributed by atoms with van der Waals surface area (Å²) in [4.78, 5) is 21.6. The standard InChI is InChI=1S/C22H26N4O4/c1-26(2)22(28)12-21-25-19(15-30-21)16-5-7-18(8-6-16)29-11-10-24-14-20(27)17-4-3-9-23-13-17/h3-9,13,15,20,24,27H,10-12,14H2,1-2H3/t20-/m1/s1. The molecule has 30 heavy (non-hydrogen) atoms. The van der Waals surface area contributed by atoms with Gasteiger partial charge in [-0.05, 0) is 30.3 Å². The van der Waals surface area contributed by atoms with E-state index in [0.29, 0.717) is 31.3 Å². The van der Waals surface area contributed by atoms with Gasteiger partial charge in [0.05, 0.1) is 6.10 Å². The number of nitrogens with zero attached hydrogens (tertiary/aromatic N) is 3. The van der Waals surface area contributed by atoms with Crippen molar-refractivity contribution >= 4 is 5.91 Å². The van der Waals surface area contributed by atoms with Gasteiger partial charge in [-0.1, -0.05) is 6.07 Å². The quantitative estimate of drug-likeness (QED) is 0.494. The molecule has 1 aromatic carbocycles. The summed E-state index contributed by atoms with van der Waals surface area (Å²) in [5, 5.41) is 13.2. The third-order valence-corrected chi connectivity index (χ3v) is 4.46. The topological polar surface area (TPSA) is 101 Å². The van der Waals surface area contributed by atoms with E-state index < -0.39 is 6.10 Å². The Kier molecular flexibility index (Phi) is 7.53. The van der Waals surface area contributed by atoms with Gasteiger partial charge in [-0.2, -0.15) is 0 Å². The maximum absolute atomic E-state index is 11.7. The molecule has 2 aromatic heterocycles. The van der Waals surface area contributed by atoms with Crippen molar-refractivity contribution < 1.29 is 19.1 Å². The molecule has 2 heterocycles. The van der Waals surface area contributed by atoms with Gasteiger partial charge in [0, 0.05) is 50.7 Å². The van der Waals surface area contributed by atoms with Crippen LogP contribution in [0, 0.1) is 0 Å². The van der Waals surface area contributed by atoms with Crippen molar-refractivity contribution in [2.75, 3.05) is 33.8 Å². The van der Waals surface area contributed by atoms with Crippen molar-refractivity contribution in [3.05, 3.63) is 66.5 Å². The Bertz CT molecular complexity index is 926. The highest BCUT2D eigenvalue weighted by Gasteiger charge is 2.12. The second-order valence-electron chi connectivity index (χ2n) is 6.97. The van der Waals surface area contributed by atoms with E-state index in [2.05, 4.69) is 15.3 Å². The Balaban J connectivity index is 1.41. The third-order valence-electron chi connectivity index (χ3n) is 4.46. The lowest BCUT2D eigenvalue weighted by Crippen LogP contribution is -2.26. The van der Waals surface area contributed by atoms with Gasteiger partial charge in [0.2, 0.25) is 11.8 Å². The molecule has 3 rings (SSSR count). The molecule has 8 nitrogen and oxygen atoms in total. The highest BCUT2D eigenvalue weighted by molar-refractivity contribution is 5.77. The molecule has 8 heteroatoms. The van der Waals surface area contributed by atoms with E-state index in [0.717, 1.165) is 16.9 Å². The van der Waals surface area contributed by atoms with Gasteiger partial charge < -0.3 is 24.5 Å². The summed E-state index contributed by atoms with van der Waals surface area (Å²) < 4.78 is 11.1. The first-order valence-electron chi connectivity index (χ1n) is 9.69. The van der Waals surface area contributed by atoms with E-state index in [1.807, 2.05) is 30.3 Å². The van der Waals surface area contributed by atoms with Crippen LogP contribution in [0.1, 0.15) is 17.6 Å². The zero-order valence-electron chi connectivity index (χ0n) is 17.1. The SMILES string of the molecule is CN(C)C(=O)Cc1nc(-c2ccc(OCCNC[C@@H](O)c3cccnc3)cc2)co1. The zero-order valence-corrected chi connectivity index (χ0v) is 17.1. The molecular formula is C22H26N4O4. The van der Waals surface area contributed by atoms with Crippen molar-refractivity contribution in [3.63, 3.8) is 0 Å². The number of likely N-dealkylation sites (N-methyl/N-ethyl adjacent to an activating group) is 1. The van der Waals surface area contributed by atoms with E-state index in [4.69, 9.17) is 9.15 Å². The number of nitrogens with one attached hydrogen (secondary N) is 1. The Morgan fingerprint density at radius 1 is 1.27 bits per heavy atom. The molecule has 0 saturated heterocycles. The number of hydrogen-bond acceptors (Lipinski definition) is 7. The zero-order chi connectivity index (χ0) is 21.3. The highest BCUT2D eigenvalue weighted by Crippen LogP contribution is 2.22. The molecule has 1 amide bonds. The number of ether oxygens (including phenoxy) is 1. The van der Waals surface area contributed by atoms with Gasteiger partial charge in [-0.3, -0.25) is 9.78 Å². The van der Waals surface area contributed by atoms with Crippen molar-refractivity contribution in [2.24, 2.45) is 0 Å². The van der Waals surface area contributed by atoms with Crippen molar-refractivity contribution in [1.29, 1.82) is 0 Å². The first-order valence-corrected chi connectivity index (χ1v) is 9.69. The number of amides is 1. The molecule has 0 bridgehead atoms. The normalized spacial score (nSPS) is 11.8. The molecule has 0 spiro atoms. The number of aliphatic hydroxyl groups excluding tert-OH is 1. The minimum absolute atomic E-state index is 0.0614. The highest BCUT2D eigenvalue weighted by atomic mass is 16.5. The van der Waals surface area contributed by atoms with Crippen molar-refractivity contribution in [2.45, 2.75) is 12.5 Å². The molecule has 0 fully saturated rings. The van der Waals surface area contributed by atoms with Crippen LogP contribution in [-0.4, -0.2) is 59.7 Å². The van der Waals surface area contributed by atoms with Crippen LogP contribution in [0.4, 0.5) is 0 Å². The number of hydrogen-bond donors (Lipinski definition) is 2. The Hall–Kier alpha value is -3.23. The van der Waals surface area contributed by atoms with Crippen LogP contribution in [0.3, 0.4) is 0 Å². The fourth-order valence-corrected chi connectivity index (χ4v) is 2.70. The monoisotopic (exact) mass is 410 g/mol. The van der Waals surface area contributed by atoms with Crippen LogP contribution < -0.4 is 10.1 Å². The Morgan fingerprint density at radius 3 is 2.77 bits per heavy atom. The lowest BCUT2D eigenvalue weighted by Gasteiger charge is -2.12. The molecule has 0 saturated carbocycles. The predicted molar refractivity (Wildman–Crippen MR) is 112 cm³/mol. The van der Waals surface area contributed by atoms with E-state index >= 15 is 0 Å². The fourth-order valence-electron chi connectivity index (χ4n) is 2.70. The van der Waals surface area contributed by atoms with Gasteiger partial charge in [0.1, 0.15) is 30.7 Å². The molecule has 2 N–H and O–H groups in total. The fraction of sp³-hybridized carbons (Fsp3) is 0.318. The van der Waals surface area contributed by atoms with Crippen LogP contribution in [0.2, 0.25) is 0 Å². The van der Waals surface area contributed by atoms with Crippen molar-refractivity contribution in [3.8, 4) is 17.0 Å². The summed E-state index contributed by atoms with van der Waals surface area (Å²) in [5.74, 6) is 1.07. The van der Waals surface area contributed by atoms with E-state index in [1.54, 1.807) is 38.8 Å². The maximum Gasteiger partial charge on any atom is 0.231 e. The number of pyridine rings is 1. The molecule has 3 aromatic rings. The Labute approximate surface area is 175 Å². The number of benzene rings is 1. The molecule has 0 aliphatic rings. The van der Waals surface area contributed by atoms with Crippen LogP contribution in [0.5, 0.6) is 5.75 Å². The van der Waals surface area contributed by atoms with Crippen LogP contribution >= 0.6 is 0 Å². The summed E-state index contributed by atoms with van der Waals surface area (Å²) in [6.07, 6.45) is 4.42. The van der Waals surface area contributed by atoms with Crippen LogP contribution in [0.15, 0.2) is 59.5 Å². The minimum Gasteiger partial charge on any atom is -0.492 e. The maximum atomic E-state index is 11.7. The molecule has 0 radical (unpaired) electrons. The van der Waals surface area contributed by atoms with E-state index in [-0.39, 0.29) is 12.3 Å². The second kappa shape index (κ2) is 10.5. The van der Waals surface area contributed by atoms with Crippen LogP contribution in [0.25, 0.3) is 11.3 Å². The minimum atomic E-state index is -0.599. The lowest BCUT2D eigenvalue weighted by molar-refractivity contribution is -0.128. The van der Waals surface area contributed by atoms with Crippen molar-refractivity contribution in [1.82, 2.24) is 20.2 Å². The van der Waals surface area contributed by atoms with Gasteiger partial charge in [0.25, 0.3) is 0 Å². The second-order valence-corrected chi connectivity index (χ2v) is 6.97. The van der Waals surface area contributed by atoms with E-state index in [9.17, 15) is 9.90 Å². The lowest BCUT2D eigenvalue weighted by atomic mass is 10.1. The number of oxazole rings is 1. The van der Waals surface area contributed by atoms with Gasteiger partial charge in [0.15, 0.2) is 0 Å². The Morgan fingerprint density at radius 2 is 2.07 bits per heavy atom. The third kappa shape index (κ3) is 6.13. The molecular weight excluding hydrogens is 384 g/mol. The smallest absolute Gasteiger partial charge is 0.231 e. The van der Waals surface area contributed by atoms with Gasteiger partial charge in [-0.25, -0.2) is 4.98 Å². The first-order chi connectivity index (χ1) is 14.5. The summed E-state index contributed by atoms with van der Waals surface area (Å²) in [6, 6.07) is 11.1. The van der Waals surface area contributed by atoms with Crippen LogP contribution in [-0.2, 0) is 11.2 Å². The molecule has 0 unspecified atom stereocenters. The van der Waals surface area contributed by atoms with E-state index in [1.165, 1.54) is 4.90 Å². The average molecular weight is 410 g/mol. The summed E-state index contributed by atoms with van der Waals surface area (Å²) >= 11 is 0. The summed E-state index contributed by atoms with van der Waals surface area (Å²) in [7, 11) is 3.40. The largest absolute Gasteiger partial charge is 0.492 e. The van der Waals surface area contributed by atoms with Gasteiger partial charge >= 0.3 is 0 Å². The predicted octanol–water partition coefficient (Wildman–Crippen LogP) is 2.07. The van der Waals surface area contributed by atoms with Gasteiger partial charge in [-0.15, -0.1) is 0 Å². The molecule has 0 aliphatic carbocycles. The number of carbonyl (C=O) groups excluding carboxylic acids is 1. The number of carbonyl (C=O) groups is 1. The summed E-state index contributed by atoms with van der Waals surface area (Å²) in [6.45, 7) is 1.50. The average Bonchev–Trinajstić information content (AvgIpc) is 3.22. The number of aliphatic hydroxyl groups is 1.